The van der Waals surface area contributed by atoms with Gasteiger partial charge in [0, 0.05) is 18.5 Å². The van der Waals surface area contributed by atoms with Crippen molar-refractivity contribution in [2.75, 3.05) is 0 Å². The second-order valence-corrected chi connectivity index (χ2v) is 3.99. The molecule has 0 saturated heterocycles. The van der Waals surface area contributed by atoms with Crippen LogP contribution < -0.4 is 5.73 Å². The monoisotopic (exact) mass is 261 g/mol. The molecule has 0 bridgehead atoms. The summed E-state index contributed by atoms with van der Waals surface area (Å²) < 4.78 is 0. The largest absolute Gasteiger partial charge is 0.326 e. The molecule has 0 aromatic heterocycles. The lowest BCUT2D eigenvalue weighted by atomic mass is 10.0. The van der Waals surface area contributed by atoms with Crippen molar-refractivity contribution in [2.45, 2.75) is 13.0 Å². The molecule has 0 amide bonds. The van der Waals surface area contributed by atoms with Crippen LogP contribution in [0.1, 0.15) is 21.5 Å². The Labute approximate surface area is 113 Å². The molecule has 0 atom stereocenters. The minimum Gasteiger partial charge on any atom is -0.326 e. The van der Waals surface area contributed by atoms with E-state index in [2.05, 4.69) is 0 Å². The lowest BCUT2D eigenvalue weighted by Crippen LogP contribution is -2.04. The van der Waals surface area contributed by atoms with Crippen LogP contribution in [0.5, 0.6) is 0 Å². The number of hydrogen-bond acceptors (Lipinski definition) is 2. The van der Waals surface area contributed by atoms with E-state index in [-0.39, 0.29) is 18.2 Å². The summed E-state index contributed by atoms with van der Waals surface area (Å²) in [4.78, 5) is 12.0. The number of hydrogen-bond donors (Lipinski definition) is 1. The molecule has 2 rings (SSSR count). The number of nitrogens with two attached hydrogens (primary N) is 1. The van der Waals surface area contributed by atoms with Crippen molar-refractivity contribution in [1.29, 1.82) is 0 Å². The van der Waals surface area contributed by atoms with Crippen LogP contribution in [0.4, 0.5) is 0 Å². The molecule has 0 aliphatic heterocycles. The van der Waals surface area contributed by atoms with E-state index in [1.165, 1.54) is 0 Å². The van der Waals surface area contributed by atoms with Crippen LogP contribution in [0.25, 0.3) is 0 Å². The van der Waals surface area contributed by atoms with E-state index >= 15 is 0 Å². The molecular weight excluding hydrogens is 246 g/mol. The van der Waals surface area contributed by atoms with Gasteiger partial charge in [-0.05, 0) is 11.1 Å². The Balaban J connectivity index is 0.00000162. The highest BCUT2D eigenvalue weighted by molar-refractivity contribution is 5.97. The van der Waals surface area contributed by atoms with Gasteiger partial charge in [0.15, 0.2) is 5.78 Å². The topological polar surface area (TPSA) is 43.1 Å². The van der Waals surface area contributed by atoms with Gasteiger partial charge >= 0.3 is 0 Å². The standard InChI is InChI=1S/C15H15NO.ClH/c16-11-13-6-4-5-12(9-13)10-15(17)14-7-2-1-3-8-14;/h1-9H,10-11,16H2;1H. The highest BCUT2D eigenvalue weighted by Crippen LogP contribution is 2.09. The molecule has 2 nitrogen and oxygen atoms in total. The van der Waals surface area contributed by atoms with Gasteiger partial charge in [-0.15, -0.1) is 12.4 Å². The summed E-state index contributed by atoms with van der Waals surface area (Å²) >= 11 is 0. The van der Waals surface area contributed by atoms with Crippen LogP contribution in [-0.2, 0) is 13.0 Å². The molecule has 0 aliphatic carbocycles. The molecule has 0 spiro atoms. The van der Waals surface area contributed by atoms with Gasteiger partial charge < -0.3 is 5.73 Å². The highest BCUT2D eigenvalue weighted by atomic mass is 35.5. The van der Waals surface area contributed by atoms with Crippen LogP contribution in [0.3, 0.4) is 0 Å². The zero-order valence-corrected chi connectivity index (χ0v) is 10.8. The maximum atomic E-state index is 12.0. The lowest BCUT2D eigenvalue weighted by molar-refractivity contribution is 0.0993. The predicted octanol–water partition coefficient (Wildman–Crippen LogP) is 2.99. The number of halogens is 1. The van der Waals surface area contributed by atoms with Crippen LogP contribution in [0.15, 0.2) is 54.6 Å². The first kappa shape index (κ1) is 14.4. The van der Waals surface area contributed by atoms with Gasteiger partial charge in [0.2, 0.25) is 0 Å². The average Bonchev–Trinajstić information content (AvgIpc) is 2.40. The van der Waals surface area contributed by atoms with Gasteiger partial charge in [0.25, 0.3) is 0 Å². The van der Waals surface area contributed by atoms with E-state index in [0.29, 0.717) is 13.0 Å². The number of benzene rings is 2. The van der Waals surface area contributed by atoms with Gasteiger partial charge in [-0.1, -0.05) is 54.6 Å². The number of rotatable bonds is 4. The van der Waals surface area contributed by atoms with Crippen molar-refractivity contribution in [3.05, 3.63) is 71.3 Å². The third-order valence-electron chi connectivity index (χ3n) is 2.69. The normalized spacial score (nSPS) is 9.61. The molecule has 94 valence electrons. The summed E-state index contributed by atoms with van der Waals surface area (Å²) in [5.41, 5.74) is 8.41. The lowest BCUT2D eigenvalue weighted by Gasteiger charge is -2.03. The van der Waals surface area contributed by atoms with Gasteiger partial charge in [-0.3, -0.25) is 4.79 Å². The molecule has 0 aliphatic rings. The summed E-state index contributed by atoms with van der Waals surface area (Å²) in [6.07, 6.45) is 0.428. The smallest absolute Gasteiger partial charge is 0.167 e. The summed E-state index contributed by atoms with van der Waals surface area (Å²) in [6, 6.07) is 17.2. The summed E-state index contributed by atoms with van der Waals surface area (Å²) in [5, 5.41) is 0. The quantitative estimate of drug-likeness (QED) is 0.860. The molecule has 0 radical (unpaired) electrons. The number of ketones is 1. The first-order chi connectivity index (χ1) is 8.29. The Morgan fingerprint density at radius 1 is 0.944 bits per heavy atom. The number of carbonyl (C=O) groups excluding carboxylic acids is 1. The molecule has 0 saturated carbocycles. The van der Waals surface area contributed by atoms with E-state index in [4.69, 9.17) is 5.73 Å². The minimum atomic E-state index is 0. The van der Waals surface area contributed by atoms with Gasteiger partial charge in [-0.25, -0.2) is 0 Å². The number of carbonyl (C=O) groups is 1. The predicted molar refractivity (Wildman–Crippen MR) is 76.1 cm³/mol. The molecule has 0 fully saturated rings. The Kier molecular flexibility index (Phi) is 5.56. The van der Waals surface area contributed by atoms with Gasteiger partial charge in [0.1, 0.15) is 0 Å². The van der Waals surface area contributed by atoms with E-state index in [0.717, 1.165) is 16.7 Å². The minimum absolute atomic E-state index is 0. The zero-order valence-electron chi connectivity index (χ0n) is 10.0. The molecule has 0 unspecified atom stereocenters. The van der Waals surface area contributed by atoms with E-state index in [1.807, 2.05) is 54.6 Å². The third kappa shape index (κ3) is 3.69. The molecule has 3 heteroatoms. The van der Waals surface area contributed by atoms with Crippen LogP contribution in [-0.4, -0.2) is 5.78 Å². The summed E-state index contributed by atoms with van der Waals surface area (Å²) in [6.45, 7) is 0.507. The van der Waals surface area contributed by atoms with Crippen LogP contribution in [0.2, 0.25) is 0 Å². The number of Topliss-reactive ketones (excluding diaryl/α,β-unsaturated/α-hetero) is 1. The van der Waals surface area contributed by atoms with E-state index in [9.17, 15) is 4.79 Å². The second-order valence-electron chi connectivity index (χ2n) is 3.99. The van der Waals surface area contributed by atoms with Gasteiger partial charge in [0.05, 0.1) is 0 Å². The second kappa shape index (κ2) is 6.94. The highest BCUT2D eigenvalue weighted by Gasteiger charge is 2.06. The van der Waals surface area contributed by atoms with Crippen molar-refractivity contribution < 1.29 is 4.79 Å². The van der Waals surface area contributed by atoms with Gasteiger partial charge in [-0.2, -0.15) is 0 Å². The maximum absolute atomic E-state index is 12.0. The third-order valence-corrected chi connectivity index (χ3v) is 2.69. The Hall–Kier alpha value is -1.64. The molecule has 2 N–H and O–H groups in total. The fourth-order valence-electron chi connectivity index (χ4n) is 1.78. The fraction of sp³-hybridized carbons (Fsp3) is 0.133. The van der Waals surface area contributed by atoms with Crippen LogP contribution in [0, 0.1) is 0 Å². The Morgan fingerprint density at radius 2 is 1.61 bits per heavy atom. The fourth-order valence-corrected chi connectivity index (χ4v) is 1.78. The van der Waals surface area contributed by atoms with Crippen LogP contribution >= 0.6 is 12.4 Å². The Bertz CT molecular complexity index is 511. The van der Waals surface area contributed by atoms with E-state index < -0.39 is 0 Å². The van der Waals surface area contributed by atoms with E-state index in [1.54, 1.807) is 0 Å². The summed E-state index contributed by atoms with van der Waals surface area (Å²) in [7, 11) is 0. The Morgan fingerprint density at radius 3 is 2.28 bits per heavy atom. The molecule has 2 aromatic rings. The van der Waals surface area contributed by atoms with Crippen molar-refractivity contribution in [3.63, 3.8) is 0 Å². The molecule has 18 heavy (non-hydrogen) atoms. The zero-order chi connectivity index (χ0) is 12.1. The van der Waals surface area contributed by atoms with Crippen molar-refractivity contribution >= 4 is 18.2 Å². The van der Waals surface area contributed by atoms with Crippen molar-refractivity contribution in [2.24, 2.45) is 5.73 Å². The molecular formula is C15H16ClNO. The molecule has 0 heterocycles. The summed E-state index contributed by atoms with van der Waals surface area (Å²) in [5.74, 6) is 0.139. The maximum Gasteiger partial charge on any atom is 0.167 e. The van der Waals surface area contributed by atoms with Crippen molar-refractivity contribution in [3.8, 4) is 0 Å². The first-order valence-corrected chi connectivity index (χ1v) is 5.66. The first-order valence-electron chi connectivity index (χ1n) is 5.66. The molecule has 2 aromatic carbocycles. The van der Waals surface area contributed by atoms with Crippen molar-refractivity contribution in [1.82, 2.24) is 0 Å². The average molecular weight is 262 g/mol. The SMILES string of the molecule is Cl.NCc1cccc(CC(=O)c2ccccc2)c1.